The Morgan fingerprint density at radius 2 is 0.804 bits per heavy atom. The average Bonchev–Trinajstić information content (AvgIpc) is 3.57. The second kappa shape index (κ2) is 12.2. The Bertz CT molecular complexity index is 2870. The van der Waals surface area contributed by atoms with Crippen LogP contribution in [-0.4, -0.2) is 0 Å². The van der Waals surface area contributed by atoms with Gasteiger partial charge in [0.15, 0.2) is 0 Å². The van der Waals surface area contributed by atoms with Gasteiger partial charge in [-0.25, -0.2) is 0 Å². The molecule has 0 spiro atoms. The van der Waals surface area contributed by atoms with E-state index in [-0.39, 0.29) is 0 Å². The molecular formula is C48H32N2S. The van der Waals surface area contributed by atoms with Gasteiger partial charge in [0.25, 0.3) is 0 Å². The van der Waals surface area contributed by atoms with Crippen molar-refractivity contribution in [3.63, 3.8) is 0 Å². The summed E-state index contributed by atoms with van der Waals surface area (Å²) in [6, 6.07) is 70.4. The molecule has 0 saturated carbocycles. The Labute approximate surface area is 300 Å². The second-order valence-electron chi connectivity index (χ2n) is 12.9. The first kappa shape index (κ1) is 29.5. The van der Waals surface area contributed by atoms with Crippen LogP contribution < -0.4 is 9.80 Å². The van der Waals surface area contributed by atoms with E-state index in [1.165, 1.54) is 69.6 Å². The fraction of sp³-hybridized carbons (Fsp3) is 0. The molecule has 0 aliphatic heterocycles. The van der Waals surface area contributed by atoms with E-state index in [2.05, 4.69) is 204 Å². The predicted octanol–water partition coefficient (Wildman–Crippen LogP) is 14.5. The number of hydrogen-bond donors (Lipinski definition) is 0. The van der Waals surface area contributed by atoms with Gasteiger partial charge in [-0.2, -0.15) is 0 Å². The maximum atomic E-state index is 2.44. The van der Waals surface area contributed by atoms with Gasteiger partial charge in [-0.15, -0.1) is 11.3 Å². The molecule has 240 valence electrons. The van der Waals surface area contributed by atoms with Crippen molar-refractivity contribution < 1.29 is 0 Å². The maximum Gasteiger partial charge on any atom is 0.0554 e. The summed E-state index contributed by atoms with van der Waals surface area (Å²) in [6.07, 6.45) is 0. The van der Waals surface area contributed by atoms with Crippen LogP contribution in [0.4, 0.5) is 34.1 Å². The number of benzene rings is 9. The fourth-order valence-electron chi connectivity index (χ4n) is 7.73. The Hall–Kier alpha value is -6.42. The third kappa shape index (κ3) is 4.93. The van der Waals surface area contributed by atoms with Crippen molar-refractivity contribution in [2.24, 2.45) is 0 Å². The van der Waals surface area contributed by atoms with Gasteiger partial charge in [-0.3, -0.25) is 0 Å². The molecule has 0 atom stereocenters. The van der Waals surface area contributed by atoms with Crippen LogP contribution in [0.2, 0.25) is 0 Å². The van der Waals surface area contributed by atoms with Crippen molar-refractivity contribution in [2.75, 3.05) is 9.80 Å². The average molecular weight is 669 g/mol. The highest BCUT2D eigenvalue weighted by molar-refractivity contribution is 7.26. The van der Waals surface area contributed by atoms with Crippen LogP contribution in [0.5, 0.6) is 0 Å². The molecule has 1 heterocycles. The lowest BCUT2D eigenvalue weighted by atomic mass is 9.99. The summed E-state index contributed by atoms with van der Waals surface area (Å²) in [7, 11) is 0. The van der Waals surface area contributed by atoms with Gasteiger partial charge in [0.1, 0.15) is 0 Å². The maximum absolute atomic E-state index is 2.44. The predicted molar refractivity (Wildman–Crippen MR) is 221 cm³/mol. The third-order valence-electron chi connectivity index (χ3n) is 9.98. The Kier molecular flexibility index (Phi) is 7.04. The van der Waals surface area contributed by atoms with E-state index in [1.807, 2.05) is 11.3 Å². The summed E-state index contributed by atoms with van der Waals surface area (Å²) in [5.74, 6) is 0. The summed E-state index contributed by atoms with van der Waals surface area (Å²) in [4.78, 5) is 4.84. The lowest BCUT2D eigenvalue weighted by molar-refractivity contribution is 1.30. The van der Waals surface area contributed by atoms with Crippen LogP contribution in [0.15, 0.2) is 194 Å². The summed E-state index contributed by atoms with van der Waals surface area (Å²) in [5.41, 5.74) is 6.91. The van der Waals surface area contributed by atoms with Crippen molar-refractivity contribution in [1.82, 2.24) is 0 Å². The van der Waals surface area contributed by atoms with Crippen LogP contribution >= 0.6 is 11.3 Å². The van der Waals surface area contributed by atoms with E-state index in [4.69, 9.17) is 0 Å². The largest absolute Gasteiger partial charge is 0.310 e. The van der Waals surface area contributed by atoms with Crippen molar-refractivity contribution >= 4 is 98.0 Å². The minimum atomic E-state index is 1.13. The van der Waals surface area contributed by atoms with Gasteiger partial charge >= 0.3 is 0 Å². The van der Waals surface area contributed by atoms with Crippen LogP contribution in [0, 0.1) is 0 Å². The molecule has 0 fully saturated rings. The summed E-state index contributed by atoms with van der Waals surface area (Å²) in [5, 5.41) is 9.95. The molecule has 10 rings (SSSR count). The lowest BCUT2D eigenvalue weighted by Crippen LogP contribution is -2.11. The van der Waals surface area contributed by atoms with Crippen LogP contribution in [-0.2, 0) is 0 Å². The molecule has 9 aromatic carbocycles. The molecule has 51 heavy (non-hydrogen) atoms. The monoisotopic (exact) mass is 668 g/mol. The first-order chi connectivity index (χ1) is 25.3. The molecule has 2 nitrogen and oxygen atoms in total. The normalized spacial score (nSPS) is 11.5. The van der Waals surface area contributed by atoms with E-state index in [9.17, 15) is 0 Å². The van der Waals surface area contributed by atoms with Crippen molar-refractivity contribution in [3.8, 4) is 0 Å². The van der Waals surface area contributed by atoms with E-state index >= 15 is 0 Å². The zero-order valence-corrected chi connectivity index (χ0v) is 28.6. The van der Waals surface area contributed by atoms with Gasteiger partial charge in [0.2, 0.25) is 0 Å². The van der Waals surface area contributed by atoms with Crippen molar-refractivity contribution in [3.05, 3.63) is 194 Å². The first-order valence-corrected chi connectivity index (χ1v) is 18.2. The number of para-hydroxylation sites is 2. The first-order valence-electron chi connectivity index (χ1n) is 17.4. The summed E-state index contributed by atoms with van der Waals surface area (Å²) >= 11 is 1.87. The standard InChI is InChI=1S/C48H32N2S/c1-3-19-35(20-4-1)49(43-27-13-17-33-15-7-9-23-38(33)43)37-29-30-46-42(31-37)48-41-26-12-11-25-40(41)45(32-47(48)51-46)50(36-21-5-2-6-22-36)44-28-14-18-34-16-8-10-24-39(34)44/h1-32H. The van der Waals surface area contributed by atoms with Crippen LogP contribution in [0.1, 0.15) is 0 Å². The van der Waals surface area contributed by atoms with E-state index in [0.29, 0.717) is 0 Å². The molecule has 0 unspecified atom stereocenters. The van der Waals surface area contributed by atoms with Crippen LogP contribution in [0.25, 0.3) is 52.5 Å². The molecule has 0 N–H and O–H groups in total. The van der Waals surface area contributed by atoms with Crippen molar-refractivity contribution in [1.29, 1.82) is 0 Å². The lowest BCUT2D eigenvalue weighted by Gasteiger charge is -2.28. The number of thiophene rings is 1. The van der Waals surface area contributed by atoms with Gasteiger partial charge in [0.05, 0.1) is 17.1 Å². The third-order valence-corrected chi connectivity index (χ3v) is 11.1. The Morgan fingerprint density at radius 1 is 0.294 bits per heavy atom. The molecule has 0 saturated heterocycles. The highest BCUT2D eigenvalue weighted by atomic mass is 32.1. The SMILES string of the molecule is c1ccc(N(c2ccc3sc4cc(N(c5ccccc5)c5cccc6ccccc56)c5ccccc5c4c3c2)c2cccc3ccccc23)cc1. The van der Waals surface area contributed by atoms with E-state index < -0.39 is 0 Å². The topological polar surface area (TPSA) is 6.48 Å². The number of fused-ring (bicyclic) bond motifs is 7. The van der Waals surface area contributed by atoms with Crippen molar-refractivity contribution in [2.45, 2.75) is 0 Å². The molecular weight excluding hydrogens is 637 g/mol. The number of rotatable bonds is 6. The second-order valence-corrected chi connectivity index (χ2v) is 14.0. The molecule has 0 radical (unpaired) electrons. The zero-order chi connectivity index (χ0) is 33.7. The highest BCUT2D eigenvalue weighted by Gasteiger charge is 2.22. The minimum absolute atomic E-state index is 1.13. The van der Waals surface area contributed by atoms with Gasteiger partial charge in [0, 0.05) is 53.4 Å². The number of anilines is 6. The van der Waals surface area contributed by atoms with E-state index in [0.717, 1.165) is 17.1 Å². The summed E-state index contributed by atoms with van der Waals surface area (Å²) < 4.78 is 2.55. The smallest absolute Gasteiger partial charge is 0.0554 e. The minimum Gasteiger partial charge on any atom is -0.310 e. The molecule has 10 aromatic rings. The highest BCUT2D eigenvalue weighted by Crippen LogP contribution is 2.49. The van der Waals surface area contributed by atoms with Crippen LogP contribution in [0.3, 0.4) is 0 Å². The van der Waals surface area contributed by atoms with Gasteiger partial charge in [-0.05, 0) is 76.8 Å². The van der Waals surface area contributed by atoms with Gasteiger partial charge < -0.3 is 9.80 Å². The van der Waals surface area contributed by atoms with Gasteiger partial charge in [-0.1, -0.05) is 133 Å². The Morgan fingerprint density at radius 3 is 1.45 bits per heavy atom. The van der Waals surface area contributed by atoms with E-state index in [1.54, 1.807) is 0 Å². The Balaban J connectivity index is 1.23. The molecule has 0 aliphatic rings. The zero-order valence-electron chi connectivity index (χ0n) is 27.8. The number of nitrogens with zero attached hydrogens (tertiary/aromatic N) is 2. The summed E-state index contributed by atoms with van der Waals surface area (Å²) in [6.45, 7) is 0. The molecule has 0 amide bonds. The molecule has 0 aliphatic carbocycles. The molecule has 1 aromatic heterocycles. The molecule has 0 bridgehead atoms. The quantitative estimate of drug-likeness (QED) is 0.174. The fourth-order valence-corrected chi connectivity index (χ4v) is 8.87. The molecule has 3 heteroatoms. The number of hydrogen-bond acceptors (Lipinski definition) is 3.